The van der Waals surface area contributed by atoms with Crippen LogP contribution in [-0.2, 0) is 42.9 Å². The minimum Gasteiger partial charge on any atom is -0.456 e. The van der Waals surface area contributed by atoms with Gasteiger partial charge in [-0.15, -0.1) is 0 Å². The van der Waals surface area contributed by atoms with Crippen LogP contribution in [0.15, 0.2) is 0 Å². The summed E-state index contributed by atoms with van der Waals surface area (Å²) in [4.78, 5) is 45.3. The van der Waals surface area contributed by atoms with E-state index in [1.165, 1.54) is 7.11 Å². The summed E-state index contributed by atoms with van der Waals surface area (Å²) < 4.78 is 24.9. The maximum absolute atomic E-state index is 11.4. The van der Waals surface area contributed by atoms with Crippen molar-refractivity contribution in [3.8, 4) is 6.07 Å². The number of rotatable bonds is 9. The molecule has 10 nitrogen and oxygen atoms in total. The van der Waals surface area contributed by atoms with Gasteiger partial charge in [0, 0.05) is 34.8 Å². The fourth-order valence-corrected chi connectivity index (χ4v) is 1.96. The fraction of sp³-hybridized carbons (Fsp3) is 0.667. The molecule has 4 unspecified atom stereocenters. The minimum absolute atomic E-state index is 0.229. The Hall–Kier alpha value is -2.67. The minimum atomic E-state index is -1.60. The van der Waals surface area contributed by atoms with Crippen molar-refractivity contribution < 1.29 is 42.9 Å². The molecule has 0 aromatic heterocycles. The van der Waals surface area contributed by atoms with E-state index in [-0.39, 0.29) is 6.61 Å². The number of nitrogens with zero attached hydrogens (tertiary/aromatic N) is 1. The van der Waals surface area contributed by atoms with Gasteiger partial charge in [-0.3, -0.25) is 19.2 Å². The van der Waals surface area contributed by atoms with E-state index in [9.17, 15) is 24.4 Å². The Morgan fingerprint density at radius 1 is 0.800 bits per heavy atom. The number of hydrogen-bond acceptors (Lipinski definition) is 10. The largest absolute Gasteiger partial charge is 0.456 e. The van der Waals surface area contributed by atoms with Crippen molar-refractivity contribution >= 4 is 23.9 Å². The van der Waals surface area contributed by atoms with E-state index >= 15 is 0 Å². The maximum atomic E-state index is 11.4. The number of carbonyl (C=O) groups is 4. The maximum Gasteiger partial charge on any atom is 0.304 e. The van der Waals surface area contributed by atoms with E-state index in [0.717, 1.165) is 27.7 Å². The molecule has 0 saturated heterocycles. The predicted molar refractivity (Wildman–Crippen MR) is 79.7 cm³/mol. The average Bonchev–Trinajstić information content (AvgIpc) is 2.47. The Labute approximate surface area is 144 Å². The second kappa shape index (κ2) is 11.0. The van der Waals surface area contributed by atoms with Crippen LogP contribution in [0.3, 0.4) is 0 Å². The zero-order chi connectivity index (χ0) is 19.6. The molecule has 0 radical (unpaired) electrons. The molecule has 25 heavy (non-hydrogen) atoms. The number of ether oxygens (including phenoxy) is 5. The van der Waals surface area contributed by atoms with Gasteiger partial charge in [0.1, 0.15) is 6.07 Å². The zero-order valence-electron chi connectivity index (χ0n) is 14.6. The SMILES string of the molecule is COCC(OC(C)=O)C(OC(C)=O)C(OC(C)=O)C(C#N)OC(C)=O. The van der Waals surface area contributed by atoms with Crippen LogP contribution >= 0.6 is 0 Å². The quantitative estimate of drug-likeness (QED) is 0.404. The van der Waals surface area contributed by atoms with Crippen LogP contribution in [0.4, 0.5) is 0 Å². The van der Waals surface area contributed by atoms with E-state index in [1.807, 2.05) is 0 Å². The predicted octanol–water partition coefficient (Wildman–Crippen LogP) is -0.117. The second-order valence-electron chi connectivity index (χ2n) is 4.91. The van der Waals surface area contributed by atoms with E-state index in [1.54, 1.807) is 6.07 Å². The molecule has 140 valence electrons. The molecule has 0 aliphatic rings. The van der Waals surface area contributed by atoms with Crippen LogP contribution in [0.25, 0.3) is 0 Å². The summed E-state index contributed by atoms with van der Waals surface area (Å²) in [5.74, 6) is -3.16. The molecule has 0 bridgehead atoms. The molecule has 0 saturated carbocycles. The smallest absolute Gasteiger partial charge is 0.304 e. The summed E-state index contributed by atoms with van der Waals surface area (Å²) >= 11 is 0. The van der Waals surface area contributed by atoms with Gasteiger partial charge >= 0.3 is 23.9 Å². The Kier molecular flexibility index (Phi) is 9.81. The van der Waals surface area contributed by atoms with Crippen molar-refractivity contribution in [2.24, 2.45) is 0 Å². The highest BCUT2D eigenvalue weighted by molar-refractivity contribution is 5.69. The molecule has 10 heteroatoms. The molecule has 0 rings (SSSR count). The van der Waals surface area contributed by atoms with Gasteiger partial charge in [-0.25, -0.2) is 0 Å². The number of nitriles is 1. The normalized spacial score (nSPS) is 14.9. The van der Waals surface area contributed by atoms with Gasteiger partial charge in [0.25, 0.3) is 0 Å². The molecule has 4 atom stereocenters. The third-order valence-electron chi connectivity index (χ3n) is 2.66. The first-order chi connectivity index (χ1) is 11.6. The highest BCUT2D eigenvalue weighted by Gasteiger charge is 2.43. The lowest BCUT2D eigenvalue weighted by atomic mass is 10.0. The third-order valence-corrected chi connectivity index (χ3v) is 2.66. The van der Waals surface area contributed by atoms with E-state index in [4.69, 9.17) is 23.7 Å². The van der Waals surface area contributed by atoms with E-state index in [2.05, 4.69) is 0 Å². The number of esters is 4. The lowest BCUT2D eigenvalue weighted by Crippen LogP contribution is -2.52. The Balaban J connectivity index is 5.89. The van der Waals surface area contributed by atoms with Gasteiger partial charge in [-0.1, -0.05) is 0 Å². The summed E-state index contributed by atoms with van der Waals surface area (Å²) in [7, 11) is 1.30. The Bertz CT molecular complexity index is 540. The molecule has 0 heterocycles. The van der Waals surface area contributed by atoms with Crippen LogP contribution in [0.5, 0.6) is 0 Å². The summed E-state index contributed by atoms with van der Waals surface area (Å²) in [6, 6.07) is 1.65. The summed E-state index contributed by atoms with van der Waals surface area (Å²) in [5.41, 5.74) is 0. The molecule has 0 aromatic rings. The first-order valence-electron chi connectivity index (χ1n) is 7.19. The Morgan fingerprint density at radius 3 is 1.60 bits per heavy atom. The molecule has 0 aliphatic heterocycles. The lowest BCUT2D eigenvalue weighted by Gasteiger charge is -2.33. The molecule has 0 aromatic carbocycles. The van der Waals surface area contributed by atoms with E-state index < -0.39 is 48.3 Å². The second-order valence-corrected chi connectivity index (χ2v) is 4.91. The molecule has 0 aliphatic carbocycles. The van der Waals surface area contributed by atoms with Crippen molar-refractivity contribution in [1.29, 1.82) is 5.26 Å². The van der Waals surface area contributed by atoms with Gasteiger partial charge in [0.05, 0.1) is 6.61 Å². The molecular formula is C15H21NO9. The van der Waals surface area contributed by atoms with Gasteiger partial charge < -0.3 is 23.7 Å². The monoisotopic (exact) mass is 359 g/mol. The molecule has 0 N–H and O–H groups in total. The van der Waals surface area contributed by atoms with E-state index in [0.29, 0.717) is 0 Å². The molecule has 0 fully saturated rings. The first-order valence-corrected chi connectivity index (χ1v) is 7.19. The Morgan fingerprint density at radius 2 is 1.24 bits per heavy atom. The highest BCUT2D eigenvalue weighted by atomic mass is 16.6. The third kappa shape index (κ3) is 8.66. The first kappa shape index (κ1) is 22.3. The fourth-order valence-electron chi connectivity index (χ4n) is 1.96. The van der Waals surface area contributed by atoms with Crippen LogP contribution in [0.1, 0.15) is 27.7 Å². The number of methoxy groups -OCH3 is 1. The summed E-state index contributed by atoms with van der Waals surface area (Å²) in [6.07, 6.45) is -5.77. The lowest BCUT2D eigenvalue weighted by molar-refractivity contribution is -0.197. The van der Waals surface area contributed by atoms with Gasteiger partial charge in [0.2, 0.25) is 6.10 Å². The van der Waals surface area contributed by atoms with Crippen LogP contribution < -0.4 is 0 Å². The van der Waals surface area contributed by atoms with Crippen molar-refractivity contribution in [2.45, 2.75) is 52.1 Å². The highest BCUT2D eigenvalue weighted by Crippen LogP contribution is 2.19. The molecular weight excluding hydrogens is 338 g/mol. The van der Waals surface area contributed by atoms with Gasteiger partial charge in [0.15, 0.2) is 18.3 Å². The standard InChI is InChI=1S/C15H21NO9/c1-8(17)22-12(6-16)14(24-10(3)19)15(25-11(4)20)13(7-21-5)23-9(2)18/h12-15H,7H2,1-5H3. The summed E-state index contributed by atoms with van der Waals surface area (Å²) in [6.45, 7) is 4.06. The van der Waals surface area contributed by atoms with Crippen molar-refractivity contribution in [1.82, 2.24) is 0 Å². The van der Waals surface area contributed by atoms with Crippen LogP contribution in [0.2, 0.25) is 0 Å². The molecule has 0 amide bonds. The topological polar surface area (TPSA) is 138 Å². The summed E-state index contributed by atoms with van der Waals surface area (Å²) in [5, 5.41) is 9.24. The van der Waals surface area contributed by atoms with Crippen LogP contribution in [-0.4, -0.2) is 62.0 Å². The zero-order valence-corrected chi connectivity index (χ0v) is 14.6. The molecule has 0 spiro atoms. The van der Waals surface area contributed by atoms with Crippen molar-refractivity contribution in [2.75, 3.05) is 13.7 Å². The number of carbonyl (C=O) groups excluding carboxylic acids is 4. The van der Waals surface area contributed by atoms with Crippen LogP contribution in [0, 0.1) is 11.3 Å². The van der Waals surface area contributed by atoms with Crippen molar-refractivity contribution in [3.05, 3.63) is 0 Å². The average molecular weight is 359 g/mol. The number of hydrogen-bond donors (Lipinski definition) is 0. The van der Waals surface area contributed by atoms with Gasteiger partial charge in [-0.2, -0.15) is 5.26 Å². The van der Waals surface area contributed by atoms with Crippen molar-refractivity contribution in [3.63, 3.8) is 0 Å². The van der Waals surface area contributed by atoms with Gasteiger partial charge in [-0.05, 0) is 0 Å².